The maximum absolute atomic E-state index is 12.0. The Kier molecular flexibility index (Phi) is 3.99. The summed E-state index contributed by atoms with van der Waals surface area (Å²) in [5.41, 5.74) is 5.73. The summed E-state index contributed by atoms with van der Waals surface area (Å²) in [5, 5.41) is 5.76. The predicted molar refractivity (Wildman–Crippen MR) is 64.1 cm³/mol. The second-order valence-electron chi connectivity index (χ2n) is 5.10. The lowest BCUT2D eigenvalue weighted by Crippen LogP contribution is -2.47. The summed E-state index contributed by atoms with van der Waals surface area (Å²) < 4.78 is 0. The van der Waals surface area contributed by atoms with E-state index in [0.717, 1.165) is 19.3 Å². The number of amides is 2. The van der Waals surface area contributed by atoms with Crippen molar-refractivity contribution in [1.82, 2.24) is 10.6 Å². The summed E-state index contributed by atoms with van der Waals surface area (Å²) in [6.07, 6.45) is 4.80. The van der Waals surface area contributed by atoms with Crippen molar-refractivity contribution in [2.45, 2.75) is 38.1 Å². The van der Waals surface area contributed by atoms with Crippen LogP contribution in [0.5, 0.6) is 0 Å². The van der Waals surface area contributed by atoms with Gasteiger partial charge in [-0.3, -0.25) is 9.59 Å². The standard InChI is InChI=1S/C12H21N3O2/c13-6-8-3-1-2-4-10(8)15-12(17)9-5-11(16)14-7-9/h8-10H,1-7,13H2,(H,14,16)(H,15,17). The van der Waals surface area contributed by atoms with Crippen LogP contribution in [0.15, 0.2) is 0 Å². The molecule has 2 rings (SSSR count). The van der Waals surface area contributed by atoms with E-state index in [9.17, 15) is 9.59 Å². The zero-order chi connectivity index (χ0) is 12.3. The normalized spacial score (nSPS) is 33.2. The highest BCUT2D eigenvalue weighted by atomic mass is 16.2. The van der Waals surface area contributed by atoms with Gasteiger partial charge in [0.15, 0.2) is 0 Å². The van der Waals surface area contributed by atoms with Crippen molar-refractivity contribution in [2.75, 3.05) is 13.1 Å². The van der Waals surface area contributed by atoms with E-state index in [2.05, 4.69) is 10.6 Å². The zero-order valence-corrected chi connectivity index (χ0v) is 10.1. The van der Waals surface area contributed by atoms with Gasteiger partial charge in [0.2, 0.25) is 11.8 Å². The van der Waals surface area contributed by atoms with Gasteiger partial charge in [-0.15, -0.1) is 0 Å². The molecule has 96 valence electrons. The van der Waals surface area contributed by atoms with Gasteiger partial charge in [0, 0.05) is 19.0 Å². The van der Waals surface area contributed by atoms with Gasteiger partial charge in [0.25, 0.3) is 0 Å². The number of carbonyl (C=O) groups excluding carboxylic acids is 2. The van der Waals surface area contributed by atoms with Gasteiger partial charge in [0.1, 0.15) is 0 Å². The fourth-order valence-corrected chi connectivity index (χ4v) is 2.77. The predicted octanol–water partition coefficient (Wildman–Crippen LogP) is -0.244. The second-order valence-corrected chi connectivity index (χ2v) is 5.10. The number of hydrogen-bond acceptors (Lipinski definition) is 3. The van der Waals surface area contributed by atoms with Crippen LogP contribution in [0.4, 0.5) is 0 Å². The molecule has 1 aliphatic heterocycles. The molecule has 1 aliphatic carbocycles. The Bertz CT molecular complexity index is 306. The molecular formula is C12H21N3O2. The zero-order valence-electron chi connectivity index (χ0n) is 10.1. The second kappa shape index (κ2) is 5.49. The number of rotatable bonds is 3. The minimum absolute atomic E-state index is 0.00806. The molecule has 1 saturated carbocycles. The van der Waals surface area contributed by atoms with E-state index in [-0.39, 0.29) is 23.8 Å². The molecule has 0 aromatic carbocycles. The first-order chi connectivity index (χ1) is 8.20. The largest absolute Gasteiger partial charge is 0.355 e. The Labute approximate surface area is 102 Å². The molecular weight excluding hydrogens is 218 g/mol. The van der Waals surface area contributed by atoms with Crippen molar-refractivity contribution in [3.8, 4) is 0 Å². The molecule has 0 spiro atoms. The summed E-state index contributed by atoms with van der Waals surface area (Å²) in [6, 6.07) is 0.206. The molecule has 0 aromatic rings. The van der Waals surface area contributed by atoms with Gasteiger partial charge in [-0.2, -0.15) is 0 Å². The summed E-state index contributed by atoms with van der Waals surface area (Å²) in [6.45, 7) is 1.11. The average Bonchev–Trinajstić information content (AvgIpc) is 2.77. The maximum Gasteiger partial charge on any atom is 0.225 e. The highest BCUT2D eigenvalue weighted by Crippen LogP contribution is 2.24. The lowest BCUT2D eigenvalue weighted by molar-refractivity contribution is -0.127. The topological polar surface area (TPSA) is 84.2 Å². The van der Waals surface area contributed by atoms with Gasteiger partial charge in [0.05, 0.1) is 5.92 Å². The van der Waals surface area contributed by atoms with Crippen molar-refractivity contribution in [1.29, 1.82) is 0 Å². The molecule has 4 N–H and O–H groups in total. The van der Waals surface area contributed by atoms with Crippen LogP contribution in [0.25, 0.3) is 0 Å². The monoisotopic (exact) mass is 239 g/mol. The molecule has 3 atom stereocenters. The molecule has 17 heavy (non-hydrogen) atoms. The highest BCUT2D eigenvalue weighted by molar-refractivity contribution is 5.89. The molecule has 1 heterocycles. The van der Waals surface area contributed by atoms with Crippen LogP contribution < -0.4 is 16.4 Å². The van der Waals surface area contributed by atoms with E-state index in [1.165, 1.54) is 6.42 Å². The molecule has 5 heteroatoms. The Morgan fingerprint density at radius 2 is 2.18 bits per heavy atom. The van der Waals surface area contributed by atoms with Crippen molar-refractivity contribution < 1.29 is 9.59 Å². The van der Waals surface area contributed by atoms with E-state index < -0.39 is 0 Å². The third-order valence-corrected chi connectivity index (χ3v) is 3.89. The lowest BCUT2D eigenvalue weighted by Gasteiger charge is -2.31. The molecule has 2 fully saturated rings. The molecule has 2 aliphatic rings. The van der Waals surface area contributed by atoms with Crippen LogP contribution in [0.1, 0.15) is 32.1 Å². The summed E-state index contributed by atoms with van der Waals surface area (Å²) in [7, 11) is 0. The SMILES string of the molecule is NCC1CCCCC1NC(=O)C1CNC(=O)C1. The lowest BCUT2D eigenvalue weighted by atomic mass is 9.84. The smallest absolute Gasteiger partial charge is 0.225 e. The number of nitrogens with two attached hydrogens (primary N) is 1. The molecule has 0 aromatic heterocycles. The van der Waals surface area contributed by atoms with Crippen molar-refractivity contribution in [3.63, 3.8) is 0 Å². The van der Waals surface area contributed by atoms with Gasteiger partial charge in [-0.05, 0) is 25.3 Å². The highest BCUT2D eigenvalue weighted by Gasteiger charge is 2.31. The average molecular weight is 239 g/mol. The number of carbonyl (C=O) groups is 2. The van der Waals surface area contributed by atoms with Gasteiger partial charge in [-0.1, -0.05) is 12.8 Å². The van der Waals surface area contributed by atoms with Crippen LogP contribution in [-0.4, -0.2) is 30.9 Å². The summed E-state index contributed by atoms with van der Waals surface area (Å²) >= 11 is 0. The van der Waals surface area contributed by atoms with Crippen LogP contribution in [-0.2, 0) is 9.59 Å². The van der Waals surface area contributed by atoms with E-state index in [0.29, 0.717) is 25.4 Å². The molecule has 2 amide bonds. The third-order valence-electron chi connectivity index (χ3n) is 3.89. The fraction of sp³-hybridized carbons (Fsp3) is 0.833. The Balaban J connectivity index is 1.86. The summed E-state index contributed by atoms with van der Waals surface area (Å²) in [5.74, 6) is 0.193. The van der Waals surface area contributed by atoms with Crippen LogP contribution in [0.3, 0.4) is 0 Å². The molecule has 5 nitrogen and oxygen atoms in total. The van der Waals surface area contributed by atoms with E-state index in [1.54, 1.807) is 0 Å². The quantitative estimate of drug-likeness (QED) is 0.635. The summed E-state index contributed by atoms with van der Waals surface area (Å²) in [4.78, 5) is 23.0. The van der Waals surface area contributed by atoms with Crippen molar-refractivity contribution in [2.24, 2.45) is 17.6 Å². The number of hydrogen-bond donors (Lipinski definition) is 3. The van der Waals surface area contributed by atoms with Gasteiger partial charge < -0.3 is 16.4 Å². The Morgan fingerprint density at radius 1 is 1.41 bits per heavy atom. The first-order valence-corrected chi connectivity index (χ1v) is 6.48. The van der Waals surface area contributed by atoms with Crippen LogP contribution in [0.2, 0.25) is 0 Å². The van der Waals surface area contributed by atoms with E-state index in [1.807, 2.05) is 0 Å². The van der Waals surface area contributed by atoms with Crippen LogP contribution >= 0.6 is 0 Å². The van der Waals surface area contributed by atoms with Gasteiger partial charge in [-0.25, -0.2) is 0 Å². The first kappa shape index (κ1) is 12.4. The fourth-order valence-electron chi connectivity index (χ4n) is 2.77. The Morgan fingerprint density at radius 3 is 2.82 bits per heavy atom. The van der Waals surface area contributed by atoms with E-state index in [4.69, 9.17) is 5.73 Å². The minimum Gasteiger partial charge on any atom is -0.355 e. The molecule has 1 saturated heterocycles. The van der Waals surface area contributed by atoms with Gasteiger partial charge >= 0.3 is 0 Å². The third kappa shape index (κ3) is 2.97. The minimum atomic E-state index is -0.192. The molecule has 3 unspecified atom stereocenters. The van der Waals surface area contributed by atoms with Crippen molar-refractivity contribution >= 4 is 11.8 Å². The van der Waals surface area contributed by atoms with Crippen molar-refractivity contribution in [3.05, 3.63) is 0 Å². The molecule has 0 bridgehead atoms. The van der Waals surface area contributed by atoms with Crippen LogP contribution in [0, 0.1) is 11.8 Å². The number of nitrogens with one attached hydrogen (secondary N) is 2. The molecule has 0 radical (unpaired) electrons. The Hall–Kier alpha value is -1.10. The maximum atomic E-state index is 12.0. The van der Waals surface area contributed by atoms with E-state index >= 15 is 0 Å². The first-order valence-electron chi connectivity index (χ1n) is 6.48.